The van der Waals surface area contributed by atoms with E-state index in [0.717, 1.165) is 5.56 Å². The van der Waals surface area contributed by atoms with Crippen molar-refractivity contribution >= 4 is 11.6 Å². The molecule has 0 spiro atoms. The second kappa shape index (κ2) is 6.27. The van der Waals surface area contributed by atoms with E-state index >= 15 is 0 Å². The normalized spacial score (nSPS) is 12.8. The zero-order valence-corrected chi connectivity index (χ0v) is 13.3. The first-order chi connectivity index (χ1) is 12.2. The van der Waals surface area contributed by atoms with E-state index in [1.807, 2.05) is 18.2 Å². The Morgan fingerprint density at radius 1 is 1.16 bits per heavy atom. The Bertz CT molecular complexity index is 1010. The minimum atomic E-state index is -0.467. The van der Waals surface area contributed by atoms with Gasteiger partial charge in [0.1, 0.15) is 24.4 Å². The molecule has 0 unspecified atom stereocenters. The third kappa shape index (κ3) is 2.91. The van der Waals surface area contributed by atoms with Crippen LogP contribution in [0.4, 0.5) is 0 Å². The number of aromatic nitrogens is 2. The largest absolute Gasteiger partial charge is 0.486 e. The van der Waals surface area contributed by atoms with Crippen molar-refractivity contribution in [1.29, 1.82) is 0 Å². The molecule has 2 aromatic heterocycles. The van der Waals surface area contributed by atoms with Gasteiger partial charge in [0.15, 0.2) is 11.5 Å². The van der Waals surface area contributed by atoms with Crippen molar-refractivity contribution in [3.63, 3.8) is 0 Å². The molecule has 1 amide bonds. The summed E-state index contributed by atoms with van der Waals surface area (Å²) in [4.78, 5) is 28.9. The zero-order valence-electron chi connectivity index (χ0n) is 13.3. The molecule has 0 bridgehead atoms. The van der Waals surface area contributed by atoms with Gasteiger partial charge >= 0.3 is 0 Å². The number of carbonyl (C=O) groups is 1. The van der Waals surface area contributed by atoms with Gasteiger partial charge < -0.3 is 14.8 Å². The van der Waals surface area contributed by atoms with Gasteiger partial charge in [0.25, 0.3) is 11.5 Å². The Balaban J connectivity index is 1.53. The Kier molecular flexibility index (Phi) is 3.81. The first-order valence-corrected chi connectivity index (χ1v) is 7.85. The quantitative estimate of drug-likeness (QED) is 0.781. The molecule has 1 aliphatic heterocycles. The Morgan fingerprint density at radius 3 is 2.88 bits per heavy atom. The number of pyridine rings is 1. The van der Waals surface area contributed by atoms with Gasteiger partial charge in [-0.05, 0) is 29.8 Å². The lowest BCUT2D eigenvalue weighted by atomic mass is 10.2. The van der Waals surface area contributed by atoms with Gasteiger partial charge in [-0.2, -0.15) is 0 Å². The summed E-state index contributed by atoms with van der Waals surface area (Å²) in [5.41, 5.74) is 0.953. The van der Waals surface area contributed by atoms with Crippen molar-refractivity contribution in [1.82, 2.24) is 14.7 Å². The maximum atomic E-state index is 12.4. The van der Waals surface area contributed by atoms with Crippen molar-refractivity contribution < 1.29 is 14.3 Å². The minimum Gasteiger partial charge on any atom is -0.486 e. The van der Waals surface area contributed by atoms with Crippen molar-refractivity contribution in [2.75, 3.05) is 13.2 Å². The summed E-state index contributed by atoms with van der Waals surface area (Å²) in [6, 6.07) is 10.7. The SMILES string of the molecule is O=C(NCc1ccc2c(c1)OCCO2)c1cnc2ccccn2c1=O. The molecule has 3 heterocycles. The monoisotopic (exact) mass is 337 g/mol. The number of hydrogen-bond acceptors (Lipinski definition) is 5. The number of nitrogens with one attached hydrogen (secondary N) is 1. The highest BCUT2D eigenvalue weighted by Crippen LogP contribution is 2.30. The number of hydrogen-bond donors (Lipinski definition) is 1. The highest BCUT2D eigenvalue weighted by Gasteiger charge is 2.15. The Hall–Kier alpha value is -3.35. The fourth-order valence-electron chi connectivity index (χ4n) is 2.66. The fourth-order valence-corrected chi connectivity index (χ4v) is 2.66. The summed E-state index contributed by atoms with van der Waals surface area (Å²) >= 11 is 0. The van der Waals surface area contributed by atoms with Gasteiger partial charge in [-0.15, -0.1) is 0 Å². The molecule has 0 saturated carbocycles. The molecular formula is C18H15N3O4. The van der Waals surface area contributed by atoms with Crippen LogP contribution in [-0.4, -0.2) is 28.5 Å². The van der Waals surface area contributed by atoms with Crippen LogP contribution in [0.3, 0.4) is 0 Å². The number of amides is 1. The van der Waals surface area contributed by atoms with Crippen LogP contribution >= 0.6 is 0 Å². The third-order valence-electron chi connectivity index (χ3n) is 3.92. The van der Waals surface area contributed by atoms with Gasteiger partial charge in [-0.1, -0.05) is 12.1 Å². The summed E-state index contributed by atoms with van der Waals surface area (Å²) in [5.74, 6) is 0.884. The van der Waals surface area contributed by atoms with Gasteiger partial charge in [0, 0.05) is 18.9 Å². The molecule has 1 N–H and O–H groups in total. The highest BCUT2D eigenvalue weighted by molar-refractivity contribution is 5.93. The molecule has 0 radical (unpaired) electrons. The number of fused-ring (bicyclic) bond motifs is 2. The second-order valence-corrected chi connectivity index (χ2v) is 5.57. The molecule has 7 heteroatoms. The Labute approximate surface area is 142 Å². The van der Waals surface area contributed by atoms with Gasteiger partial charge in [-0.3, -0.25) is 14.0 Å². The predicted molar refractivity (Wildman–Crippen MR) is 90.1 cm³/mol. The molecule has 0 saturated heterocycles. The average Bonchev–Trinajstić information content (AvgIpc) is 2.66. The molecule has 0 atom stereocenters. The van der Waals surface area contributed by atoms with E-state index in [2.05, 4.69) is 10.3 Å². The van der Waals surface area contributed by atoms with Crippen LogP contribution in [0, 0.1) is 0 Å². The van der Waals surface area contributed by atoms with Crippen LogP contribution in [0.5, 0.6) is 11.5 Å². The van der Waals surface area contributed by atoms with E-state index in [9.17, 15) is 9.59 Å². The molecule has 3 aromatic rings. The summed E-state index contributed by atoms with van der Waals surface area (Å²) in [6.45, 7) is 1.30. The predicted octanol–water partition coefficient (Wildman–Crippen LogP) is 1.40. The van der Waals surface area contributed by atoms with E-state index < -0.39 is 11.5 Å². The number of rotatable bonds is 3. The maximum absolute atomic E-state index is 12.4. The van der Waals surface area contributed by atoms with Crippen LogP contribution < -0.4 is 20.3 Å². The van der Waals surface area contributed by atoms with Crippen molar-refractivity contribution in [2.24, 2.45) is 0 Å². The third-order valence-corrected chi connectivity index (χ3v) is 3.92. The van der Waals surface area contributed by atoms with Crippen molar-refractivity contribution in [3.8, 4) is 11.5 Å². The topological polar surface area (TPSA) is 81.9 Å². The molecule has 1 aromatic carbocycles. The smallest absolute Gasteiger partial charge is 0.270 e. The summed E-state index contributed by atoms with van der Waals surface area (Å²) in [7, 11) is 0. The number of carbonyl (C=O) groups excluding carboxylic acids is 1. The van der Waals surface area contributed by atoms with E-state index in [1.165, 1.54) is 10.6 Å². The van der Waals surface area contributed by atoms with E-state index in [1.54, 1.807) is 24.4 Å². The molecule has 0 aliphatic carbocycles. The standard InChI is InChI=1S/C18H15N3O4/c22-17(13-11-19-16-3-1-2-6-21(16)18(13)23)20-10-12-4-5-14-15(9-12)25-8-7-24-14/h1-6,9,11H,7-8,10H2,(H,20,22). The lowest BCUT2D eigenvalue weighted by Crippen LogP contribution is -2.31. The van der Waals surface area contributed by atoms with Crippen LogP contribution in [0.2, 0.25) is 0 Å². The maximum Gasteiger partial charge on any atom is 0.270 e. The molecule has 126 valence electrons. The van der Waals surface area contributed by atoms with Gasteiger partial charge in [0.2, 0.25) is 0 Å². The van der Waals surface area contributed by atoms with Crippen LogP contribution in [-0.2, 0) is 6.54 Å². The fraction of sp³-hybridized carbons (Fsp3) is 0.167. The second-order valence-electron chi connectivity index (χ2n) is 5.57. The lowest BCUT2D eigenvalue weighted by Gasteiger charge is -2.18. The zero-order chi connectivity index (χ0) is 17.2. The molecule has 7 nitrogen and oxygen atoms in total. The van der Waals surface area contributed by atoms with E-state index in [-0.39, 0.29) is 12.1 Å². The molecular weight excluding hydrogens is 322 g/mol. The van der Waals surface area contributed by atoms with Gasteiger partial charge in [0.05, 0.1) is 0 Å². The first kappa shape index (κ1) is 15.2. The van der Waals surface area contributed by atoms with Crippen LogP contribution in [0.15, 0.2) is 53.6 Å². The summed E-state index contributed by atoms with van der Waals surface area (Å²) in [6.07, 6.45) is 2.89. The first-order valence-electron chi connectivity index (χ1n) is 7.85. The summed E-state index contributed by atoms with van der Waals surface area (Å²) in [5, 5.41) is 2.74. The minimum absolute atomic E-state index is 0.00115. The van der Waals surface area contributed by atoms with Gasteiger partial charge in [-0.25, -0.2) is 4.98 Å². The lowest BCUT2D eigenvalue weighted by molar-refractivity contribution is 0.0948. The van der Waals surface area contributed by atoms with Crippen molar-refractivity contribution in [2.45, 2.75) is 6.54 Å². The number of ether oxygens (including phenoxy) is 2. The Morgan fingerprint density at radius 2 is 2.00 bits per heavy atom. The molecule has 1 aliphatic rings. The van der Waals surface area contributed by atoms with Crippen LogP contribution in [0.1, 0.15) is 15.9 Å². The van der Waals surface area contributed by atoms with Crippen LogP contribution in [0.25, 0.3) is 5.65 Å². The van der Waals surface area contributed by atoms with Crippen molar-refractivity contribution in [3.05, 3.63) is 70.3 Å². The molecule has 25 heavy (non-hydrogen) atoms. The highest BCUT2D eigenvalue weighted by atomic mass is 16.6. The van der Waals surface area contributed by atoms with E-state index in [4.69, 9.17) is 9.47 Å². The number of benzene rings is 1. The molecule has 4 rings (SSSR count). The number of nitrogens with zero attached hydrogens (tertiary/aromatic N) is 2. The summed E-state index contributed by atoms with van der Waals surface area (Å²) < 4.78 is 12.3. The molecule has 0 fully saturated rings. The van der Waals surface area contributed by atoms with E-state index in [0.29, 0.717) is 30.4 Å². The average molecular weight is 337 g/mol.